The highest BCUT2D eigenvalue weighted by molar-refractivity contribution is 7.47. The van der Waals surface area contributed by atoms with Crippen molar-refractivity contribution in [3.8, 4) is 0 Å². The fourth-order valence-electron chi connectivity index (χ4n) is 9.10. The summed E-state index contributed by atoms with van der Waals surface area (Å²) in [5.41, 5.74) is 0. The Morgan fingerprint density at radius 1 is 0.362 bits per heavy atom. The molecule has 0 aromatic rings. The first-order valence-electron chi connectivity index (χ1n) is 32.8. The molecule has 0 heterocycles. The number of phosphoric acid groups is 1. The van der Waals surface area contributed by atoms with E-state index in [0.717, 1.165) is 77.0 Å². The van der Waals surface area contributed by atoms with Crippen molar-refractivity contribution in [2.24, 2.45) is 0 Å². The Morgan fingerprint density at radius 2 is 0.650 bits per heavy atom. The molecular formula is C68H121O11P. The zero-order chi connectivity index (χ0) is 58.3. The molecule has 0 aliphatic carbocycles. The van der Waals surface area contributed by atoms with Crippen molar-refractivity contribution < 1.29 is 52.2 Å². The van der Waals surface area contributed by atoms with Crippen LogP contribution in [0.15, 0.2) is 72.9 Å². The van der Waals surface area contributed by atoms with Gasteiger partial charge in [-0.25, -0.2) is 4.57 Å². The van der Waals surface area contributed by atoms with Crippen LogP contribution in [0.3, 0.4) is 0 Å². The van der Waals surface area contributed by atoms with E-state index < -0.39 is 57.8 Å². The number of unbranched alkanes of at least 4 members (excludes halogenated alkanes) is 32. The highest BCUT2D eigenvalue weighted by Gasteiger charge is 2.28. The number of hydrogen-bond donors (Lipinski definition) is 2. The van der Waals surface area contributed by atoms with Crippen molar-refractivity contribution in [1.82, 2.24) is 0 Å². The first-order chi connectivity index (χ1) is 39.2. The molecule has 0 spiro atoms. The smallest absolute Gasteiger partial charge is 0.462 e. The van der Waals surface area contributed by atoms with Gasteiger partial charge in [-0.2, -0.15) is 0 Å². The molecule has 0 amide bonds. The first-order valence-corrected chi connectivity index (χ1v) is 34.3. The van der Waals surface area contributed by atoms with Crippen LogP contribution >= 0.6 is 7.82 Å². The van der Waals surface area contributed by atoms with Crippen LogP contribution in [-0.2, 0) is 42.2 Å². The molecule has 2 N–H and O–H groups in total. The van der Waals surface area contributed by atoms with Gasteiger partial charge in [-0.3, -0.25) is 23.4 Å². The lowest BCUT2D eigenvalue weighted by Crippen LogP contribution is -2.30. The quantitative estimate of drug-likeness (QED) is 0.0197. The van der Waals surface area contributed by atoms with E-state index in [2.05, 4.69) is 93.7 Å². The second-order valence-corrected chi connectivity index (χ2v) is 23.3. The van der Waals surface area contributed by atoms with E-state index in [1.807, 2.05) is 0 Å². The van der Waals surface area contributed by atoms with Gasteiger partial charge in [0, 0.05) is 19.3 Å². The third-order valence-corrected chi connectivity index (χ3v) is 15.0. The molecule has 80 heavy (non-hydrogen) atoms. The molecule has 0 bridgehead atoms. The highest BCUT2D eigenvalue weighted by Crippen LogP contribution is 2.43. The summed E-state index contributed by atoms with van der Waals surface area (Å²) in [6, 6.07) is 0. The van der Waals surface area contributed by atoms with Crippen molar-refractivity contribution in [1.29, 1.82) is 0 Å². The lowest BCUT2D eigenvalue weighted by molar-refractivity contribution is -0.161. The molecule has 0 fully saturated rings. The van der Waals surface area contributed by atoms with Gasteiger partial charge in [-0.1, -0.05) is 248 Å². The Kier molecular flexibility index (Phi) is 59.6. The normalized spacial score (nSPS) is 13.7. The van der Waals surface area contributed by atoms with Crippen LogP contribution < -0.4 is 0 Å². The van der Waals surface area contributed by atoms with E-state index in [9.17, 15) is 28.9 Å². The van der Waals surface area contributed by atoms with Gasteiger partial charge in [0.25, 0.3) is 0 Å². The molecule has 0 saturated heterocycles. The number of aliphatic hydroxyl groups is 1. The summed E-state index contributed by atoms with van der Waals surface area (Å²) in [4.78, 5) is 48.8. The Hall–Kier alpha value is -3.08. The summed E-state index contributed by atoms with van der Waals surface area (Å²) in [6.07, 6.45) is 71.4. The topological polar surface area (TPSA) is 155 Å². The Morgan fingerprint density at radius 3 is 1.04 bits per heavy atom. The minimum atomic E-state index is -4.77. The van der Waals surface area contributed by atoms with E-state index >= 15 is 0 Å². The number of aliphatic hydroxyl groups excluding tert-OH is 1. The number of ether oxygens (including phenoxy) is 3. The average Bonchev–Trinajstić information content (AvgIpc) is 3.45. The average molecular weight is 1150 g/mol. The SMILES string of the molecule is CC/C=C\C/C=C\C/C=C\C/C=C\CCCCC(=O)OC(CO)COP(=O)(O)OCC(COC(=O)CCCCCCCCCCC/C=C\CCCCCCCC)OC(=O)CCCCCCCCCCC/C=C\CCCCCCCC. The number of hydrogen-bond acceptors (Lipinski definition) is 10. The molecule has 0 rings (SSSR count). The second kappa shape index (κ2) is 62.0. The fourth-order valence-corrected chi connectivity index (χ4v) is 9.89. The Bertz CT molecular complexity index is 1620. The van der Waals surface area contributed by atoms with Crippen LogP contribution in [0.25, 0.3) is 0 Å². The molecule has 0 aliphatic rings. The number of phosphoric ester groups is 1. The van der Waals surface area contributed by atoms with Gasteiger partial charge >= 0.3 is 25.7 Å². The third-order valence-electron chi connectivity index (χ3n) is 14.1. The van der Waals surface area contributed by atoms with Gasteiger partial charge < -0.3 is 24.2 Å². The van der Waals surface area contributed by atoms with Crippen molar-refractivity contribution in [2.75, 3.05) is 26.4 Å². The number of carbonyl (C=O) groups is 3. The van der Waals surface area contributed by atoms with Gasteiger partial charge in [0.05, 0.1) is 19.8 Å². The van der Waals surface area contributed by atoms with Gasteiger partial charge in [0.2, 0.25) is 0 Å². The largest absolute Gasteiger partial charge is 0.472 e. The molecule has 0 aromatic carbocycles. The van der Waals surface area contributed by atoms with Gasteiger partial charge in [-0.05, 0) is 109 Å². The maximum Gasteiger partial charge on any atom is 0.472 e. The van der Waals surface area contributed by atoms with E-state index in [1.165, 1.54) is 167 Å². The molecule has 12 heteroatoms. The van der Waals surface area contributed by atoms with Gasteiger partial charge in [0.1, 0.15) is 12.7 Å². The molecule has 0 aromatic heterocycles. The van der Waals surface area contributed by atoms with E-state index in [4.69, 9.17) is 23.3 Å². The van der Waals surface area contributed by atoms with Crippen LogP contribution in [0.5, 0.6) is 0 Å². The highest BCUT2D eigenvalue weighted by atomic mass is 31.2. The van der Waals surface area contributed by atoms with Crippen LogP contribution in [0.1, 0.15) is 303 Å². The van der Waals surface area contributed by atoms with Gasteiger partial charge in [-0.15, -0.1) is 0 Å². The van der Waals surface area contributed by atoms with E-state index in [1.54, 1.807) is 0 Å². The summed E-state index contributed by atoms with van der Waals surface area (Å²) >= 11 is 0. The standard InChI is InChI=1S/C68H121O11P/c1-4-7-10-13-16-19-22-25-28-30-32-34-37-39-42-45-48-51-54-57-66(70)75-61-65(79-68(72)59-56-53-50-47-44-41-38-35-33-31-29-26-23-20-17-14-11-8-5-2)63-77-80(73,74)76-62-64(60-69)78-67(71)58-55-52-49-46-43-40-36-27-24-21-18-15-12-9-6-3/h9,12,18,21,25-29,36,43,46,64-65,69H,4-8,10-11,13-17,19-20,22-24,30-35,37-42,44-45,47-63H2,1-3H3,(H,73,74)/b12-9-,21-18-,28-25-,29-26-,36-27-,46-43-. The predicted molar refractivity (Wildman–Crippen MR) is 335 cm³/mol. The lowest BCUT2D eigenvalue weighted by atomic mass is 10.1. The van der Waals surface area contributed by atoms with Crippen LogP contribution in [0.2, 0.25) is 0 Å². The van der Waals surface area contributed by atoms with Crippen LogP contribution in [0, 0.1) is 0 Å². The van der Waals surface area contributed by atoms with Crippen LogP contribution in [-0.4, -0.2) is 66.5 Å². The number of esters is 3. The number of rotatable bonds is 61. The minimum Gasteiger partial charge on any atom is -0.462 e. The minimum absolute atomic E-state index is 0.124. The fraction of sp³-hybridized carbons (Fsp3) is 0.779. The zero-order valence-electron chi connectivity index (χ0n) is 51.5. The Balaban J connectivity index is 4.72. The summed E-state index contributed by atoms with van der Waals surface area (Å²) in [5.74, 6) is -1.50. The van der Waals surface area contributed by atoms with Crippen molar-refractivity contribution >= 4 is 25.7 Å². The number of carbonyl (C=O) groups excluding carboxylic acids is 3. The molecule has 11 nitrogen and oxygen atoms in total. The van der Waals surface area contributed by atoms with Crippen LogP contribution in [0.4, 0.5) is 0 Å². The molecule has 0 saturated carbocycles. The zero-order valence-corrected chi connectivity index (χ0v) is 52.4. The van der Waals surface area contributed by atoms with Gasteiger partial charge in [0.15, 0.2) is 6.10 Å². The molecule has 464 valence electrons. The Labute approximate surface area is 490 Å². The summed E-state index contributed by atoms with van der Waals surface area (Å²) < 4.78 is 39.7. The second-order valence-electron chi connectivity index (χ2n) is 21.9. The first kappa shape index (κ1) is 76.9. The predicted octanol–water partition coefficient (Wildman–Crippen LogP) is 20.0. The lowest BCUT2D eigenvalue weighted by Gasteiger charge is -2.21. The maximum atomic E-state index is 13.0. The molecule has 3 unspecified atom stereocenters. The van der Waals surface area contributed by atoms with Crippen molar-refractivity contribution in [3.05, 3.63) is 72.9 Å². The molecule has 3 atom stereocenters. The van der Waals surface area contributed by atoms with E-state index in [-0.39, 0.29) is 25.9 Å². The monoisotopic (exact) mass is 1140 g/mol. The summed E-state index contributed by atoms with van der Waals surface area (Å²) in [6.45, 7) is 4.52. The summed E-state index contributed by atoms with van der Waals surface area (Å²) in [5, 5.41) is 9.84. The van der Waals surface area contributed by atoms with Crippen molar-refractivity contribution in [3.63, 3.8) is 0 Å². The summed E-state index contributed by atoms with van der Waals surface area (Å²) in [7, 11) is -4.77. The molecule has 0 aliphatic heterocycles. The van der Waals surface area contributed by atoms with Crippen molar-refractivity contribution in [2.45, 2.75) is 315 Å². The van der Waals surface area contributed by atoms with E-state index in [0.29, 0.717) is 19.3 Å². The maximum absolute atomic E-state index is 13.0. The third kappa shape index (κ3) is 59.5. The molecule has 0 radical (unpaired) electrons. The molecular weight excluding hydrogens is 1020 g/mol. The number of allylic oxidation sites excluding steroid dienone is 12.